The number of imidazole rings is 1. The third-order valence-electron chi connectivity index (χ3n) is 4.14. The molecule has 142 valence electrons. The molecule has 0 saturated carbocycles. The number of hydrogen-bond acceptors (Lipinski definition) is 3. The van der Waals surface area contributed by atoms with Crippen molar-refractivity contribution in [1.82, 2.24) is 9.55 Å². The fourth-order valence-corrected chi connectivity index (χ4v) is 3.69. The topological polar surface area (TPSA) is 38.0 Å². The standard InChI is InChI=1S/C20H19F3N2OS/c1-14-3-2-4-16(9-14)11-25-18(12-26)10-24-19(25)27-13-15-5-7-17(8-6-15)20(21,22)23/h2-10,26H,11-13H2,1H3. The number of rotatable bonds is 6. The van der Waals surface area contributed by atoms with Gasteiger partial charge in [0, 0.05) is 12.3 Å². The van der Waals surface area contributed by atoms with Gasteiger partial charge in [-0.15, -0.1) is 0 Å². The van der Waals surface area contributed by atoms with Gasteiger partial charge in [0.1, 0.15) is 0 Å². The number of aromatic nitrogens is 2. The summed E-state index contributed by atoms with van der Waals surface area (Å²) in [6.07, 6.45) is -2.70. The fraction of sp³-hybridized carbons (Fsp3) is 0.250. The predicted octanol–water partition coefficient (Wildman–Crippen LogP) is 5.04. The fourth-order valence-electron chi connectivity index (χ4n) is 2.73. The monoisotopic (exact) mass is 392 g/mol. The highest BCUT2D eigenvalue weighted by Gasteiger charge is 2.29. The van der Waals surface area contributed by atoms with E-state index >= 15 is 0 Å². The molecule has 0 aliphatic heterocycles. The summed E-state index contributed by atoms with van der Waals surface area (Å²) in [7, 11) is 0. The van der Waals surface area contributed by atoms with E-state index in [-0.39, 0.29) is 6.61 Å². The van der Waals surface area contributed by atoms with Gasteiger partial charge in [0.05, 0.1) is 24.1 Å². The number of aryl methyl sites for hydroxylation is 1. The van der Waals surface area contributed by atoms with Crippen molar-refractivity contribution in [1.29, 1.82) is 0 Å². The lowest BCUT2D eigenvalue weighted by molar-refractivity contribution is -0.137. The van der Waals surface area contributed by atoms with E-state index < -0.39 is 11.7 Å². The van der Waals surface area contributed by atoms with Crippen LogP contribution in [-0.2, 0) is 25.1 Å². The Morgan fingerprint density at radius 3 is 2.44 bits per heavy atom. The minimum absolute atomic E-state index is 0.125. The lowest BCUT2D eigenvalue weighted by Gasteiger charge is -2.12. The van der Waals surface area contributed by atoms with Gasteiger partial charge in [-0.05, 0) is 30.2 Å². The highest BCUT2D eigenvalue weighted by molar-refractivity contribution is 7.98. The van der Waals surface area contributed by atoms with Crippen molar-refractivity contribution in [3.63, 3.8) is 0 Å². The van der Waals surface area contributed by atoms with Crippen molar-refractivity contribution in [3.8, 4) is 0 Å². The molecule has 0 fully saturated rings. The summed E-state index contributed by atoms with van der Waals surface area (Å²) >= 11 is 1.43. The van der Waals surface area contributed by atoms with Crippen LogP contribution in [0.1, 0.15) is 27.9 Å². The second-order valence-corrected chi connectivity index (χ2v) is 7.19. The quantitative estimate of drug-likeness (QED) is 0.597. The molecule has 0 unspecified atom stereocenters. The summed E-state index contributed by atoms with van der Waals surface area (Å²) < 4.78 is 39.9. The van der Waals surface area contributed by atoms with E-state index in [2.05, 4.69) is 11.1 Å². The maximum atomic E-state index is 12.7. The molecule has 2 aromatic carbocycles. The Kier molecular flexibility index (Phi) is 5.92. The number of aliphatic hydroxyl groups is 1. The lowest BCUT2D eigenvalue weighted by atomic mass is 10.1. The van der Waals surface area contributed by atoms with E-state index in [0.717, 1.165) is 34.0 Å². The van der Waals surface area contributed by atoms with Crippen molar-refractivity contribution in [2.45, 2.75) is 37.2 Å². The molecule has 27 heavy (non-hydrogen) atoms. The first-order chi connectivity index (χ1) is 12.9. The molecule has 1 aromatic heterocycles. The van der Waals surface area contributed by atoms with Crippen LogP contribution in [-0.4, -0.2) is 14.7 Å². The normalized spacial score (nSPS) is 11.7. The number of halogens is 3. The van der Waals surface area contributed by atoms with Gasteiger partial charge in [0.15, 0.2) is 5.16 Å². The maximum Gasteiger partial charge on any atom is 0.416 e. The van der Waals surface area contributed by atoms with Gasteiger partial charge >= 0.3 is 6.18 Å². The van der Waals surface area contributed by atoms with Crippen LogP contribution in [0.5, 0.6) is 0 Å². The molecule has 3 rings (SSSR count). The molecule has 1 heterocycles. The van der Waals surface area contributed by atoms with E-state index in [1.165, 1.54) is 23.9 Å². The van der Waals surface area contributed by atoms with E-state index in [1.807, 2.05) is 29.7 Å². The van der Waals surface area contributed by atoms with E-state index in [4.69, 9.17) is 0 Å². The molecule has 0 atom stereocenters. The number of thioether (sulfide) groups is 1. The highest BCUT2D eigenvalue weighted by atomic mass is 32.2. The number of hydrogen-bond donors (Lipinski definition) is 1. The Bertz CT molecular complexity index is 904. The molecular weight excluding hydrogens is 373 g/mol. The van der Waals surface area contributed by atoms with Gasteiger partial charge < -0.3 is 9.67 Å². The van der Waals surface area contributed by atoms with Crippen LogP contribution in [0.15, 0.2) is 59.9 Å². The van der Waals surface area contributed by atoms with Gasteiger partial charge in [0.25, 0.3) is 0 Å². The van der Waals surface area contributed by atoms with Crippen LogP contribution >= 0.6 is 11.8 Å². The van der Waals surface area contributed by atoms with Crippen LogP contribution < -0.4 is 0 Å². The average molecular weight is 392 g/mol. The lowest BCUT2D eigenvalue weighted by Crippen LogP contribution is -2.06. The average Bonchev–Trinajstić information content (AvgIpc) is 3.01. The molecule has 0 amide bonds. The van der Waals surface area contributed by atoms with Crippen molar-refractivity contribution in [2.24, 2.45) is 0 Å². The number of nitrogens with zero attached hydrogens (tertiary/aromatic N) is 2. The third kappa shape index (κ3) is 4.93. The maximum absolute atomic E-state index is 12.7. The predicted molar refractivity (Wildman–Crippen MR) is 99.4 cm³/mol. The van der Waals surface area contributed by atoms with E-state index in [9.17, 15) is 18.3 Å². The summed E-state index contributed by atoms with van der Waals surface area (Å²) in [6.45, 7) is 2.47. The van der Waals surface area contributed by atoms with E-state index in [1.54, 1.807) is 6.20 Å². The zero-order valence-corrected chi connectivity index (χ0v) is 15.5. The number of alkyl halides is 3. The van der Waals surface area contributed by atoms with Crippen LogP contribution in [0.3, 0.4) is 0 Å². The Morgan fingerprint density at radius 1 is 1.07 bits per heavy atom. The molecule has 7 heteroatoms. The van der Waals surface area contributed by atoms with Crippen molar-refractivity contribution < 1.29 is 18.3 Å². The molecule has 3 nitrogen and oxygen atoms in total. The Hall–Kier alpha value is -2.25. The SMILES string of the molecule is Cc1cccc(Cn2c(CO)cnc2SCc2ccc(C(F)(F)F)cc2)c1. The molecule has 0 radical (unpaired) electrons. The molecular formula is C20H19F3N2OS. The van der Waals surface area contributed by atoms with Crippen LogP contribution in [0.4, 0.5) is 13.2 Å². The summed E-state index contributed by atoms with van der Waals surface area (Å²) in [4.78, 5) is 4.36. The first-order valence-corrected chi connectivity index (χ1v) is 9.35. The molecule has 0 aliphatic carbocycles. The Balaban J connectivity index is 1.74. The molecule has 0 aliphatic rings. The molecule has 0 bridgehead atoms. The molecule has 0 saturated heterocycles. The smallest absolute Gasteiger partial charge is 0.390 e. The Labute approximate surface area is 159 Å². The van der Waals surface area contributed by atoms with Gasteiger partial charge in [-0.3, -0.25) is 0 Å². The summed E-state index contributed by atoms with van der Waals surface area (Å²) in [6, 6.07) is 13.2. The zero-order chi connectivity index (χ0) is 19.4. The highest BCUT2D eigenvalue weighted by Crippen LogP contribution is 2.30. The summed E-state index contributed by atoms with van der Waals surface area (Å²) in [5.41, 5.74) is 3.08. The second-order valence-electron chi connectivity index (χ2n) is 6.25. The molecule has 1 N–H and O–H groups in total. The van der Waals surface area contributed by atoms with Gasteiger partial charge in [-0.2, -0.15) is 13.2 Å². The van der Waals surface area contributed by atoms with Crippen LogP contribution in [0.2, 0.25) is 0 Å². The summed E-state index contributed by atoms with van der Waals surface area (Å²) in [5.74, 6) is 0.494. The zero-order valence-electron chi connectivity index (χ0n) is 14.7. The largest absolute Gasteiger partial charge is 0.416 e. The van der Waals surface area contributed by atoms with Crippen molar-refractivity contribution >= 4 is 11.8 Å². The first-order valence-electron chi connectivity index (χ1n) is 8.36. The minimum Gasteiger partial charge on any atom is -0.390 e. The van der Waals surface area contributed by atoms with Crippen molar-refractivity contribution in [3.05, 3.63) is 82.7 Å². The van der Waals surface area contributed by atoms with E-state index in [0.29, 0.717) is 18.0 Å². The van der Waals surface area contributed by atoms with Crippen LogP contribution in [0, 0.1) is 6.92 Å². The number of benzene rings is 2. The Morgan fingerprint density at radius 2 is 1.81 bits per heavy atom. The second kappa shape index (κ2) is 8.19. The first kappa shape index (κ1) is 19.5. The van der Waals surface area contributed by atoms with Crippen molar-refractivity contribution in [2.75, 3.05) is 0 Å². The number of aliphatic hydroxyl groups excluding tert-OH is 1. The van der Waals surface area contributed by atoms with Gasteiger partial charge in [-0.25, -0.2) is 4.98 Å². The molecule has 0 spiro atoms. The minimum atomic E-state index is -4.33. The summed E-state index contributed by atoms with van der Waals surface area (Å²) in [5, 5.41) is 10.3. The van der Waals surface area contributed by atoms with Gasteiger partial charge in [-0.1, -0.05) is 53.7 Å². The molecule has 3 aromatic rings. The van der Waals surface area contributed by atoms with Gasteiger partial charge in [0.2, 0.25) is 0 Å². The van der Waals surface area contributed by atoms with Crippen LogP contribution in [0.25, 0.3) is 0 Å². The third-order valence-corrected chi connectivity index (χ3v) is 5.20.